The van der Waals surface area contributed by atoms with Gasteiger partial charge in [-0.2, -0.15) is 0 Å². The van der Waals surface area contributed by atoms with E-state index in [9.17, 15) is 14.4 Å². The van der Waals surface area contributed by atoms with Gasteiger partial charge in [-0.25, -0.2) is 9.59 Å². The first kappa shape index (κ1) is 33.3. The molecule has 0 heterocycles. The van der Waals surface area contributed by atoms with Crippen molar-refractivity contribution in [1.29, 1.82) is 0 Å². The molecule has 1 aromatic carbocycles. The lowest BCUT2D eigenvalue weighted by molar-refractivity contribution is -0.139. The number of carbonyl (C=O) groups is 3. The lowest BCUT2D eigenvalue weighted by Crippen LogP contribution is -2.59. The van der Waals surface area contributed by atoms with E-state index in [1.165, 1.54) is 0 Å². The van der Waals surface area contributed by atoms with Gasteiger partial charge < -0.3 is 24.4 Å². The SMILES string of the molecule is CCOC(=O)/C(C)=C/[C@@H](C(C)C)N(C)C(=O)[C@@H](NC(=O)OC(C)(C)C)C(C)(C)SCc1ccc(OC)cc1. The average molecular weight is 551 g/mol. The second kappa shape index (κ2) is 14.5. The van der Waals surface area contributed by atoms with Crippen LogP contribution in [-0.4, -0.2) is 66.1 Å². The molecule has 9 heteroatoms. The summed E-state index contributed by atoms with van der Waals surface area (Å²) < 4.78 is 15.1. The maximum absolute atomic E-state index is 14.0. The standard InChI is InChI=1S/C29H46N2O6S/c1-12-36-26(33)20(4)17-23(19(2)3)31(10)25(32)24(30-27(34)37-28(5,6)7)29(8,9)38-18-21-13-15-22(35-11)16-14-21/h13-17,19,23-24H,12,18H2,1-11H3,(H,30,34)/b20-17+/t23-,24+/m0/s1. The molecule has 0 aliphatic heterocycles. The quantitative estimate of drug-likeness (QED) is 0.268. The summed E-state index contributed by atoms with van der Waals surface area (Å²) in [4.78, 5) is 40.7. The third-order valence-electron chi connectivity index (χ3n) is 5.87. The van der Waals surface area contributed by atoms with Crippen LogP contribution in [0.25, 0.3) is 0 Å². The number of methoxy groups -OCH3 is 1. The summed E-state index contributed by atoms with van der Waals surface area (Å²) in [6, 6.07) is 6.45. The van der Waals surface area contributed by atoms with E-state index in [2.05, 4.69) is 5.32 Å². The van der Waals surface area contributed by atoms with Crippen LogP contribution in [0.4, 0.5) is 4.79 Å². The minimum absolute atomic E-state index is 0.00516. The van der Waals surface area contributed by atoms with Crippen LogP contribution in [0.5, 0.6) is 5.75 Å². The molecule has 0 unspecified atom stereocenters. The number of benzene rings is 1. The normalized spacial score (nSPS) is 13.9. The fourth-order valence-corrected chi connectivity index (χ4v) is 4.76. The van der Waals surface area contributed by atoms with Crippen LogP contribution >= 0.6 is 11.8 Å². The molecule has 8 nitrogen and oxygen atoms in total. The first-order chi connectivity index (χ1) is 17.5. The van der Waals surface area contributed by atoms with Gasteiger partial charge in [0.15, 0.2) is 0 Å². The van der Waals surface area contributed by atoms with Crippen molar-refractivity contribution in [3.8, 4) is 5.75 Å². The van der Waals surface area contributed by atoms with E-state index < -0.39 is 34.5 Å². The predicted molar refractivity (Wildman–Crippen MR) is 153 cm³/mol. The Kier molecular flexibility index (Phi) is 12.7. The van der Waals surface area contributed by atoms with Gasteiger partial charge in [-0.3, -0.25) is 4.79 Å². The van der Waals surface area contributed by atoms with Crippen LogP contribution in [0.1, 0.15) is 67.9 Å². The molecule has 2 amide bonds. The van der Waals surface area contributed by atoms with E-state index in [-0.39, 0.29) is 18.4 Å². The molecule has 1 aromatic rings. The van der Waals surface area contributed by atoms with E-state index in [1.807, 2.05) is 52.0 Å². The Balaban J connectivity index is 3.29. The number of amides is 2. The third kappa shape index (κ3) is 10.6. The lowest BCUT2D eigenvalue weighted by atomic mass is 9.96. The van der Waals surface area contributed by atoms with Crippen LogP contribution in [0, 0.1) is 5.92 Å². The molecule has 0 saturated carbocycles. The van der Waals surface area contributed by atoms with Gasteiger partial charge in [-0.05, 0) is 72.1 Å². The second-order valence-electron chi connectivity index (χ2n) is 11.1. The fourth-order valence-electron chi connectivity index (χ4n) is 3.70. The highest BCUT2D eigenvalue weighted by atomic mass is 32.2. The lowest BCUT2D eigenvalue weighted by Gasteiger charge is -2.39. The van der Waals surface area contributed by atoms with Gasteiger partial charge in [-0.15, -0.1) is 11.8 Å². The van der Waals surface area contributed by atoms with Crippen molar-refractivity contribution < 1.29 is 28.6 Å². The Morgan fingerprint density at radius 2 is 1.66 bits per heavy atom. The maximum atomic E-state index is 14.0. The zero-order chi connectivity index (χ0) is 29.3. The highest BCUT2D eigenvalue weighted by molar-refractivity contribution is 7.99. The Bertz CT molecular complexity index is 966. The molecule has 0 spiro atoms. The van der Waals surface area contributed by atoms with Crippen LogP contribution in [-0.2, 0) is 24.8 Å². The summed E-state index contributed by atoms with van der Waals surface area (Å²) >= 11 is 1.56. The van der Waals surface area contributed by atoms with Gasteiger partial charge >= 0.3 is 12.1 Å². The molecule has 0 bridgehead atoms. The largest absolute Gasteiger partial charge is 0.497 e. The highest BCUT2D eigenvalue weighted by Gasteiger charge is 2.41. The van der Waals surface area contributed by atoms with E-state index >= 15 is 0 Å². The molecule has 0 aromatic heterocycles. The predicted octanol–water partition coefficient (Wildman–Crippen LogP) is 5.59. The number of hydrogen-bond acceptors (Lipinski definition) is 7. The minimum atomic E-state index is -0.900. The van der Waals surface area contributed by atoms with Gasteiger partial charge in [0.2, 0.25) is 5.91 Å². The van der Waals surface area contributed by atoms with Gasteiger partial charge in [0.1, 0.15) is 17.4 Å². The van der Waals surface area contributed by atoms with E-state index in [0.717, 1.165) is 11.3 Å². The number of alkyl carbamates (subject to hydrolysis) is 1. The van der Waals surface area contributed by atoms with Crippen molar-refractivity contribution in [2.24, 2.45) is 5.92 Å². The molecule has 0 aliphatic carbocycles. The van der Waals surface area contributed by atoms with Crippen LogP contribution in [0.3, 0.4) is 0 Å². The van der Waals surface area contributed by atoms with E-state index in [4.69, 9.17) is 14.2 Å². The topological polar surface area (TPSA) is 94.2 Å². The zero-order valence-corrected chi connectivity index (χ0v) is 25.7. The molecular formula is C29H46N2O6S. The Hall–Kier alpha value is -2.68. The molecule has 0 radical (unpaired) electrons. The Labute approximate surface area is 232 Å². The number of thioether (sulfide) groups is 1. The van der Waals surface area contributed by atoms with E-state index in [1.54, 1.807) is 71.5 Å². The number of ether oxygens (including phenoxy) is 3. The molecule has 0 fully saturated rings. The van der Waals surface area contributed by atoms with Crippen LogP contribution in [0.15, 0.2) is 35.9 Å². The molecule has 38 heavy (non-hydrogen) atoms. The Morgan fingerprint density at radius 3 is 2.13 bits per heavy atom. The molecule has 1 N–H and O–H groups in total. The van der Waals surface area contributed by atoms with Gasteiger partial charge in [0.25, 0.3) is 0 Å². The summed E-state index contributed by atoms with van der Waals surface area (Å²) in [5, 5.41) is 2.83. The molecule has 0 saturated heterocycles. The summed E-state index contributed by atoms with van der Waals surface area (Å²) in [5.74, 6) is 0.693. The number of nitrogens with one attached hydrogen (secondary N) is 1. The first-order valence-electron chi connectivity index (χ1n) is 12.9. The number of likely N-dealkylation sites (N-methyl/N-ethyl adjacent to an activating group) is 1. The highest BCUT2D eigenvalue weighted by Crippen LogP contribution is 2.33. The fraction of sp³-hybridized carbons (Fsp3) is 0.621. The Morgan fingerprint density at radius 1 is 1.08 bits per heavy atom. The summed E-state index contributed by atoms with van der Waals surface area (Å²) in [5.41, 5.74) is 0.771. The van der Waals surface area contributed by atoms with Gasteiger partial charge in [0.05, 0.1) is 19.8 Å². The molecular weight excluding hydrogens is 504 g/mol. The van der Waals surface area contributed by atoms with Crippen molar-refractivity contribution in [1.82, 2.24) is 10.2 Å². The van der Waals surface area contributed by atoms with Crippen molar-refractivity contribution in [3.05, 3.63) is 41.5 Å². The van der Waals surface area contributed by atoms with Gasteiger partial charge in [0, 0.05) is 23.1 Å². The maximum Gasteiger partial charge on any atom is 0.408 e. The first-order valence-corrected chi connectivity index (χ1v) is 13.9. The second-order valence-corrected chi connectivity index (χ2v) is 12.7. The van der Waals surface area contributed by atoms with E-state index in [0.29, 0.717) is 11.3 Å². The number of esters is 1. The molecule has 0 aliphatic rings. The van der Waals surface area contributed by atoms with Crippen molar-refractivity contribution >= 4 is 29.7 Å². The number of hydrogen-bond donors (Lipinski definition) is 1. The monoisotopic (exact) mass is 550 g/mol. The van der Waals surface area contributed by atoms with Crippen molar-refractivity contribution in [2.75, 3.05) is 20.8 Å². The number of carbonyl (C=O) groups excluding carboxylic acids is 3. The third-order valence-corrected chi connectivity index (χ3v) is 7.33. The summed E-state index contributed by atoms with van der Waals surface area (Å²) in [6.07, 6.45) is 1.09. The summed E-state index contributed by atoms with van der Waals surface area (Å²) in [6.45, 7) is 16.8. The molecule has 1 rings (SSSR count). The van der Waals surface area contributed by atoms with Crippen molar-refractivity contribution in [3.63, 3.8) is 0 Å². The summed E-state index contributed by atoms with van der Waals surface area (Å²) in [7, 11) is 3.31. The number of nitrogens with zero attached hydrogens (tertiary/aromatic N) is 1. The number of rotatable bonds is 12. The van der Waals surface area contributed by atoms with Crippen molar-refractivity contribution in [2.45, 2.75) is 90.5 Å². The van der Waals surface area contributed by atoms with Crippen LogP contribution < -0.4 is 10.1 Å². The van der Waals surface area contributed by atoms with Crippen LogP contribution in [0.2, 0.25) is 0 Å². The van der Waals surface area contributed by atoms with Gasteiger partial charge in [-0.1, -0.05) is 32.1 Å². The zero-order valence-electron chi connectivity index (χ0n) is 24.8. The molecule has 214 valence electrons. The smallest absolute Gasteiger partial charge is 0.408 e. The molecule has 2 atom stereocenters. The minimum Gasteiger partial charge on any atom is -0.497 e. The average Bonchev–Trinajstić information content (AvgIpc) is 2.82.